The predicted molar refractivity (Wildman–Crippen MR) is 91.3 cm³/mol. The van der Waals surface area contributed by atoms with Gasteiger partial charge in [-0.2, -0.15) is 0 Å². The average Bonchev–Trinajstić information content (AvgIpc) is 2.60. The van der Waals surface area contributed by atoms with Crippen molar-refractivity contribution in [2.75, 3.05) is 6.54 Å². The molecule has 2 aromatic carbocycles. The van der Waals surface area contributed by atoms with Gasteiger partial charge in [-0.3, -0.25) is 9.78 Å². The molecule has 4 heteroatoms. The largest absolute Gasteiger partial charge is 0.334 e. The van der Waals surface area contributed by atoms with Crippen molar-refractivity contribution >= 4 is 16.8 Å². The van der Waals surface area contributed by atoms with Crippen LogP contribution in [-0.2, 0) is 13.0 Å². The third-order valence-electron chi connectivity index (χ3n) is 4.55. The zero-order valence-corrected chi connectivity index (χ0v) is 13.4. The molecule has 1 aromatic heterocycles. The number of amides is 1. The molecule has 1 amide bonds. The van der Waals surface area contributed by atoms with Gasteiger partial charge in [0.1, 0.15) is 5.82 Å². The van der Waals surface area contributed by atoms with Gasteiger partial charge in [0, 0.05) is 24.2 Å². The van der Waals surface area contributed by atoms with E-state index in [0.29, 0.717) is 29.6 Å². The van der Waals surface area contributed by atoms with E-state index in [1.54, 1.807) is 12.1 Å². The monoisotopic (exact) mass is 320 g/mol. The molecule has 120 valence electrons. The number of carbonyl (C=O) groups excluding carboxylic acids is 1. The molecule has 0 unspecified atom stereocenters. The summed E-state index contributed by atoms with van der Waals surface area (Å²) in [5.41, 5.74) is 4.41. The first kappa shape index (κ1) is 14.8. The van der Waals surface area contributed by atoms with Crippen LogP contribution in [0.2, 0.25) is 0 Å². The molecule has 4 rings (SSSR count). The van der Waals surface area contributed by atoms with E-state index in [4.69, 9.17) is 0 Å². The summed E-state index contributed by atoms with van der Waals surface area (Å²) in [5, 5.41) is 0.574. The van der Waals surface area contributed by atoms with E-state index in [0.717, 1.165) is 12.1 Å². The van der Waals surface area contributed by atoms with Crippen molar-refractivity contribution in [3.05, 3.63) is 76.7 Å². The Morgan fingerprint density at radius 3 is 2.75 bits per heavy atom. The lowest BCUT2D eigenvalue weighted by Gasteiger charge is -2.29. The molecule has 0 aliphatic carbocycles. The molecular weight excluding hydrogens is 303 g/mol. The van der Waals surface area contributed by atoms with Gasteiger partial charge >= 0.3 is 0 Å². The average molecular weight is 320 g/mol. The second kappa shape index (κ2) is 5.71. The maximum absolute atomic E-state index is 13.7. The number of rotatable bonds is 1. The normalized spacial score (nSPS) is 13.8. The lowest BCUT2D eigenvalue weighted by atomic mass is 9.98. The fourth-order valence-corrected chi connectivity index (χ4v) is 3.35. The van der Waals surface area contributed by atoms with E-state index in [-0.39, 0.29) is 11.7 Å². The van der Waals surface area contributed by atoms with E-state index >= 15 is 0 Å². The molecule has 0 spiro atoms. The number of pyridine rings is 1. The van der Waals surface area contributed by atoms with E-state index < -0.39 is 0 Å². The quantitative estimate of drug-likeness (QED) is 0.682. The standard InChI is InChI=1S/C20H17FN2O/c1-13-10-18(17-11-16(21)6-7-19(17)22-13)20(24)23-9-8-14-4-2-3-5-15(14)12-23/h2-7,10-11H,8-9,12H2,1H3. The van der Waals surface area contributed by atoms with Crippen LogP contribution in [0.3, 0.4) is 0 Å². The van der Waals surface area contributed by atoms with Crippen LogP contribution in [0.4, 0.5) is 4.39 Å². The zero-order valence-electron chi connectivity index (χ0n) is 13.4. The maximum atomic E-state index is 13.7. The Labute approximate surface area is 139 Å². The number of hydrogen-bond donors (Lipinski definition) is 0. The zero-order chi connectivity index (χ0) is 16.7. The number of carbonyl (C=O) groups is 1. The summed E-state index contributed by atoms with van der Waals surface area (Å²) in [6.45, 7) is 3.12. The molecule has 2 heterocycles. The van der Waals surface area contributed by atoms with Crippen molar-refractivity contribution in [1.82, 2.24) is 9.88 Å². The Kier molecular flexibility index (Phi) is 3.53. The number of aryl methyl sites for hydroxylation is 1. The van der Waals surface area contributed by atoms with Gasteiger partial charge in [0.15, 0.2) is 0 Å². The lowest BCUT2D eigenvalue weighted by molar-refractivity contribution is 0.0736. The summed E-state index contributed by atoms with van der Waals surface area (Å²) in [4.78, 5) is 19.3. The molecule has 0 fully saturated rings. The highest BCUT2D eigenvalue weighted by Crippen LogP contribution is 2.24. The van der Waals surface area contributed by atoms with Crippen LogP contribution in [0.5, 0.6) is 0 Å². The van der Waals surface area contributed by atoms with Crippen LogP contribution in [0, 0.1) is 12.7 Å². The van der Waals surface area contributed by atoms with Crippen molar-refractivity contribution in [1.29, 1.82) is 0 Å². The van der Waals surface area contributed by atoms with Crippen molar-refractivity contribution in [2.24, 2.45) is 0 Å². The Morgan fingerprint density at radius 1 is 1.12 bits per heavy atom. The second-order valence-electron chi connectivity index (χ2n) is 6.22. The molecular formula is C20H17FN2O. The number of fused-ring (bicyclic) bond motifs is 2. The van der Waals surface area contributed by atoms with E-state index in [2.05, 4.69) is 17.1 Å². The number of benzene rings is 2. The first-order valence-corrected chi connectivity index (χ1v) is 8.05. The molecule has 1 aliphatic rings. The summed E-state index contributed by atoms with van der Waals surface area (Å²) in [7, 11) is 0. The molecule has 0 saturated carbocycles. The van der Waals surface area contributed by atoms with Gasteiger partial charge in [-0.25, -0.2) is 4.39 Å². The van der Waals surface area contributed by atoms with Crippen molar-refractivity contribution < 1.29 is 9.18 Å². The van der Waals surface area contributed by atoms with Crippen molar-refractivity contribution in [2.45, 2.75) is 19.9 Å². The smallest absolute Gasteiger partial charge is 0.254 e. The Morgan fingerprint density at radius 2 is 1.92 bits per heavy atom. The molecule has 0 radical (unpaired) electrons. The minimum absolute atomic E-state index is 0.0643. The summed E-state index contributed by atoms with van der Waals surface area (Å²) >= 11 is 0. The Bertz CT molecular complexity index is 952. The van der Waals surface area contributed by atoms with Crippen LogP contribution in [0.1, 0.15) is 27.2 Å². The van der Waals surface area contributed by atoms with Gasteiger partial charge < -0.3 is 4.90 Å². The molecule has 0 atom stereocenters. The van der Waals surface area contributed by atoms with Crippen molar-refractivity contribution in [3.8, 4) is 0 Å². The Hall–Kier alpha value is -2.75. The molecule has 3 aromatic rings. The number of nitrogens with zero attached hydrogens (tertiary/aromatic N) is 2. The van der Waals surface area contributed by atoms with E-state index in [9.17, 15) is 9.18 Å². The van der Waals surface area contributed by atoms with Gasteiger partial charge in [-0.05, 0) is 48.7 Å². The second-order valence-corrected chi connectivity index (χ2v) is 6.22. The van der Waals surface area contributed by atoms with Crippen LogP contribution in [0.25, 0.3) is 10.9 Å². The maximum Gasteiger partial charge on any atom is 0.254 e. The summed E-state index contributed by atoms with van der Waals surface area (Å²) in [5.74, 6) is -0.420. The summed E-state index contributed by atoms with van der Waals surface area (Å²) in [6, 6.07) is 14.3. The number of hydrogen-bond acceptors (Lipinski definition) is 2. The van der Waals surface area contributed by atoms with Crippen LogP contribution >= 0.6 is 0 Å². The summed E-state index contributed by atoms with van der Waals surface area (Å²) < 4.78 is 13.7. The fourth-order valence-electron chi connectivity index (χ4n) is 3.35. The highest BCUT2D eigenvalue weighted by Gasteiger charge is 2.23. The van der Waals surface area contributed by atoms with E-state index in [1.165, 1.54) is 23.3 Å². The van der Waals surface area contributed by atoms with Gasteiger partial charge in [-0.1, -0.05) is 24.3 Å². The molecule has 1 aliphatic heterocycles. The minimum atomic E-state index is -0.355. The number of halogens is 1. The topological polar surface area (TPSA) is 33.2 Å². The highest BCUT2D eigenvalue weighted by atomic mass is 19.1. The predicted octanol–water partition coefficient (Wildman–Crippen LogP) is 3.88. The molecule has 24 heavy (non-hydrogen) atoms. The third-order valence-corrected chi connectivity index (χ3v) is 4.55. The molecule has 0 N–H and O–H groups in total. The van der Waals surface area contributed by atoms with Gasteiger partial charge in [0.25, 0.3) is 5.91 Å². The molecule has 0 bridgehead atoms. The van der Waals surface area contributed by atoms with Gasteiger partial charge in [0.05, 0.1) is 11.1 Å². The highest BCUT2D eigenvalue weighted by molar-refractivity contribution is 6.06. The third kappa shape index (κ3) is 2.54. The van der Waals surface area contributed by atoms with Crippen LogP contribution in [0.15, 0.2) is 48.5 Å². The fraction of sp³-hybridized carbons (Fsp3) is 0.200. The summed E-state index contributed by atoms with van der Waals surface area (Å²) in [6.07, 6.45) is 0.846. The minimum Gasteiger partial charge on any atom is -0.334 e. The first-order valence-electron chi connectivity index (χ1n) is 8.05. The van der Waals surface area contributed by atoms with Crippen LogP contribution in [-0.4, -0.2) is 22.3 Å². The van der Waals surface area contributed by atoms with Crippen LogP contribution < -0.4 is 0 Å². The first-order chi connectivity index (χ1) is 11.6. The van der Waals surface area contributed by atoms with Gasteiger partial charge in [0.2, 0.25) is 0 Å². The Balaban J connectivity index is 1.75. The lowest BCUT2D eigenvalue weighted by Crippen LogP contribution is -2.36. The molecule has 3 nitrogen and oxygen atoms in total. The van der Waals surface area contributed by atoms with E-state index in [1.807, 2.05) is 24.0 Å². The van der Waals surface area contributed by atoms with Crippen molar-refractivity contribution in [3.63, 3.8) is 0 Å². The van der Waals surface area contributed by atoms with Gasteiger partial charge in [-0.15, -0.1) is 0 Å². The SMILES string of the molecule is Cc1cc(C(=O)N2CCc3ccccc3C2)c2cc(F)ccc2n1. The number of aromatic nitrogens is 1. The molecule has 0 saturated heterocycles.